The van der Waals surface area contributed by atoms with Crippen LogP contribution < -0.4 is 11.5 Å². The lowest BCUT2D eigenvalue weighted by molar-refractivity contribution is 0.0999. The molecule has 1 aromatic rings. The molecule has 1 aromatic carbocycles. The van der Waals surface area contributed by atoms with Crippen LogP contribution in [0.4, 0.5) is 0 Å². The number of carbonyl (C=O) groups excluding carboxylic acids is 1. The molecule has 14 heavy (non-hydrogen) atoms. The zero-order valence-electron chi connectivity index (χ0n) is 8.00. The first kappa shape index (κ1) is 10.3. The number of nitrogens with two attached hydrogens (primary N) is 2. The highest BCUT2D eigenvalue weighted by Crippen LogP contribution is 2.09. The zero-order valence-corrected chi connectivity index (χ0v) is 8.00. The number of hydrogen-bond donors (Lipinski definition) is 2. The van der Waals surface area contributed by atoms with Crippen LogP contribution in [0, 0.1) is 18.8 Å². The van der Waals surface area contributed by atoms with Crippen LogP contribution in [-0.4, -0.2) is 12.5 Å². The molecule has 1 rings (SSSR count). The van der Waals surface area contributed by atoms with Gasteiger partial charge < -0.3 is 11.5 Å². The fourth-order valence-electron chi connectivity index (χ4n) is 1.12. The van der Waals surface area contributed by atoms with Crippen molar-refractivity contribution in [1.29, 1.82) is 0 Å². The van der Waals surface area contributed by atoms with Gasteiger partial charge in [-0.25, -0.2) is 0 Å². The molecule has 0 atom stereocenters. The van der Waals surface area contributed by atoms with E-state index in [1.807, 2.05) is 19.1 Å². The second-order valence-electron chi connectivity index (χ2n) is 2.90. The summed E-state index contributed by atoms with van der Waals surface area (Å²) in [7, 11) is 0. The van der Waals surface area contributed by atoms with Crippen molar-refractivity contribution in [1.82, 2.24) is 0 Å². The Morgan fingerprint density at radius 2 is 2.21 bits per heavy atom. The number of rotatable bonds is 1. The Balaban J connectivity index is 3.13. The Bertz CT molecular complexity index is 413. The molecular weight excluding hydrogens is 176 g/mol. The molecule has 3 nitrogen and oxygen atoms in total. The minimum Gasteiger partial charge on any atom is -0.366 e. The van der Waals surface area contributed by atoms with E-state index >= 15 is 0 Å². The van der Waals surface area contributed by atoms with Gasteiger partial charge >= 0.3 is 0 Å². The van der Waals surface area contributed by atoms with E-state index in [9.17, 15) is 4.79 Å². The fourth-order valence-corrected chi connectivity index (χ4v) is 1.12. The third-order valence-electron chi connectivity index (χ3n) is 1.84. The van der Waals surface area contributed by atoms with E-state index in [-0.39, 0.29) is 0 Å². The summed E-state index contributed by atoms with van der Waals surface area (Å²) >= 11 is 0. The maximum Gasteiger partial charge on any atom is 0.249 e. The summed E-state index contributed by atoms with van der Waals surface area (Å²) in [4.78, 5) is 11.0. The smallest absolute Gasteiger partial charge is 0.249 e. The predicted molar refractivity (Wildman–Crippen MR) is 55.6 cm³/mol. The number of aryl methyl sites for hydroxylation is 1. The molecule has 1 amide bonds. The molecule has 0 saturated heterocycles. The van der Waals surface area contributed by atoms with Gasteiger partial charge in [-0.3, -0.25) is 4.79 Å². The van der Waals surface area contributed by atoms with Crippen LogP contribution in [0.3, 0.4) is 0 Å². The first-order valence-electron chi connectivity index (χ1n) is 4.24. The van der Waals surface area contributed by atoms with Crippen LogP contribution in [0.5, 0.6) is 0 Å². The summed E-state index contributed by atoms with van der Waals surface area (Å²) in [5.41, 5.74) is 12.6. The van der Waals surface area contributed by atoms with E-state index in [0.29, 0.717) is 12.1 Å². The summed E-state index contributed by atoms with van der Waals surface area (Å²) < 4.78 is 0. The molecule has 0 radical (unpaired) electrons. The van der Waals surface area contributed by atoms with Crippen molar-refractivity contribution in [2.75, 3.05) is 6.54 Å². The minimum atomic E-state index is -0.432. The van der Waals surface area contributed by atoms with Gasteiger partial charge in [-0.15, -0.1) is 0 Å². The van der Waals surface area contributed by atoms with Crippen molar-refractivity contribution in [3.63, 3.8) is 0 Å². The quantitative estimate of drug-likeness (QED) is 0.626. The average Bonchev–Trinajstić information content (AvgIpc) is 2.16. The van der Waals surface area contributed by atoms with Crippen LogP contribution in [-0.2, 0) is 0 Å². The van der Waals surface area contributed by atoms with Crippen LogP contribution in [0.15, 0.2) is 18.2 Å². The maximum absolute atomic E-state index is 11.0. The summed E-state index contributed by atoms with van der Waals surface area (Å²) in [6.45, 7) is 2.14. The molecule has 0 fully saturated rings. The monoisotopic (exact) mass is 188 g/mol. The van der Waals surface area contributed by atoms with E-state index in [1.54, 1.807) is 6.07 Å². The molecule has 72 valence electrons. The molecule has 0 heterocycles. The molecule has 0 unspecified atom stereocenters. The molecule has 0 aliphatic carbocycles. The van der Waals surface area contributed by atoms with Crippen molar-refractivity contribution >= 4 is 5.91 Å². The van der Waals surface area contributed by atoms with Gasteiger partial charge in [0.15, 0.2) is 0 Å². The Morgan fingerprint density at radius 3 is 2.79 bits per heavy atom. The van der Waals surface area contributed by atoms with Crippen LogP contribution >= 0.6 is 0 Å². The van der Waals surface area contributed by atoms with E-state index in [1.165, 1.54) is 0 Å². The van der Waals surface area contributed by atoms with Gasteiger partial charge in [-0.2, -0.15) is 0 Å². The Hall–Kier alpha value is -1.79. The molecule has 0 aromatic heterocycles. The molecule has 0 aliphatic rings. The first-order valence-corrected chi connectivity index (χ1v) is 4.24. The molecule has 3 heteroatoms. The fraction of sp³-hybridized carbons (Fsp3) is 0.182. The lowest BCUT2D eigenvalue weighted by atomic mass is 10.0. The lowest BCUT2D eigenvalue weighted by Crippen LogP contribution is -2.12. The summed E-state index contributed by atoms with van der Waals surface area (Å²) in [6.07, 6.45) is 0. The van der Waals surface area contributed by atoms with Gasteiger partial charge in [0.05, 0.1) is 6.54 Å². The number of amides is 1. The van der Waals surface area contributed by atoms with Gasteiger partial charge in [-0.1, -0.05) is 17.9 Å². The molecule has 0 bridgehead atoms. The van der Waals surface area contributed by atoms with Crippen LogP contribution in [0.1, 0.15) is 21.5 Å². The number of benzene rings is 1. The standard InChI is InChI=1S/C11H12N2O/c1-8-4-5-9(3-2-6-12)7-10(8)11(13)14/h4-5,7H,6,12H2,1H3,(H2,13,14). The SMILES string of the molecule is Cc1ccc(C#CCN)cc1C(N)=O. The third kappa shape index (κ3) is 2.35. The second kappa shape index (κ2) is 4.45. The summed E-state index contributed by atoms with van der Waals surface area (Å²) in [5.74, 6) is 5.13. The van der Waals surface area contributed by atoms with Crippen LogP contribution in [0.2, 0.25) is 0 Å². The highest BCUT2D eigenvalue weighted by atomic mass is 16.1. The van der Waals surface area contributed by atoms with Gasteiger partial charge in [0.25, 0.3) is 0 Å². The van der Waals surface area contributed by atoms with Gasteiger partial charge in [0.1, 0.15) is 0 Å². The van der Waals surface area contributed by atoms with Gasteiger partial charge in [0, 0.05) is 11.1 Å². The second-order valence-corrected chi connectivity index (χ2v) is 2.90. The molecule has 4 N–H and O–H groups in total. The minimum absolute atomic E-state index is 0.305. The highest BCUT2D eigenvalue weighted by Gasteiger charge is 2.04. The van der Waals surface area contributed by atoms with E-state index in [4.69, 9.17) is 11.5 Å². The number of hydrogen-bond acceptors (Lipinski definition) is 2. The van der Waals surface area contributed by atoms with Crippen molar-refractivity contribution in [2.24, 2.45) is 11.5 Å². The normalized spacial score (nSPS) is 9.00. The summed E-state index contributed by atoms with van der Waals surface area (Å²) in [5, 5.41) is 0. The topological polar surface area (TPSA) is 69.1 Å². The van der Waals surface area contributed by atoms with Crippen molar-refractivity contribution in [2.45, 2.75) is 6.92 Å². The first-order chi connectivity index (χ1) is 6.65. The van der Waals surface area contributed by atoms with E-state index < -0.39 is 5.91 Å². The Morgan fingerprint density at radius 1 is 1.50 bits per heavy atom. The third-order valence-corrected chi connectivity index (χ3v) is 1.84. The van der Waals surface area contributed by atoms with Gasteiger partial charge in [0.2, 0.25) is 5.91 Å². The molecular formula is C11H12N2O. The Kier molecular flexibility index (Phi) is 3.27. The van der Waals surface area contributed by atoms with E-state index in [0.717, 1.165) is 11.1 Å². The molecule has 0 spiro atoms. The van der Waals surface area contributed by atoms with Crippen molar-refractivity contribution in [3.05, 3.63) is 34.9 Å². The molecule has 0 aliphatic heterocycles. The highest BCUT2D eigenvalue weighted by molar-refractivity contribution is 5.94. The predicted octanol–water partition coefficient (Wildman–Crippen LogP) is 0.404. The number of primary amides is 1. The van der Waals surface area contributed by atoms with Gasteiger partial charge in [-0.05, 0) is 24.6 Å². The van der Waals surface area contributed by atoms with Crippen LogP contribution in [0.25, 0.3) is 0 Å². The van der Waals surface area contributed by atoms with Crippen molar-refractivity contribution < 1.29 is 4.79 Å². The number of carbonyl (C=O) groups is 1. The maximum atomic E-state index is 11.0. The summed E-state index contributed by atoms with van der Waals surface area (Å²) in [6, 6.07) is 5.34. The van der Waals surface area contributed by atoms with E-state index in [2.05, 4.69) is 11.8 Å². The average molecular weight is 188 g/mol. The molecule has 0 saturated carbocycles. The Labute approximate surface area is 83.1 Å². The zero-order chi connectivity index (χ0) is 10.6. The largest absolute Gasteiger partial charge is 0.366 e. The van der Waals surface area contributed by atoms with Crippen molar-refractivity contribution in [3.8, 4) is 11.8 Å². The lowest BCUT2D eigenvalue weighted by Gasteiger charge is -2.01.